The van der Waals surface area contributed by atoms with E-state index < -0.39 is 5.97 Å². The highest BCUT2D eigenvalue weighted by Gasteiger charge is 2.33. The van der Waals surface area contributed by atoms with Crippen molar-refractivity contribution >= 4 is 51.3 Å². The van der Waals surface area contributed by atoms with Crippen LogP contribution < -0.4 is 9.47 Å². The van der Waals surface area contributed by atoms with Gasteiger partial charge >= 0.3 is 5.97 Å². The maximum Gasteiger partial charge on any atom is 0.335 e. The van der Waals surface area contributed by atoms with E-state index in [0.29, 0.717) is 28.1 Å². The highest BCUT2D eigenvalue weighted by Crippen LogP contribution is 2.36. The standard InChI is InChI=1S/C36H28N2O5S/c1-42-30-19-15-29(16-20-30)37-36-38(22-25-9-13-27(14-10-25)35(40)41)34(39)33(44-36)21-24-11-17-31(18-12-24)43-23-28-7-4-6-26-5-2-3-8-32(26)28/h2-21H,22-23H2,1H3,(H,40,41)/b33-21-,37-36?. The number of carboxylic acids is 1. The van der Waals surface area contributed by atoms with Crippen LogP contribution in [0.15, 0.2) is 125 Å². The number of thioether (sulfide) groups is 1. The minimum Gasteiger partial charge on any atom is -0.497 e. The van der Waals surface area contributed by atoms with E-state index in [1.54, 1.807) is 24.1 Å². The molecule has 44 heavy (non-hydrogen) atoms. The summed E-state index contributed by atoms with van der Waals surface area (Å²) < 4.78 is 11.3. The fourth-order valence-corrected chi connectivity index (χ4v) is 5.82. The summed E-state index contributed by atoms with van der Waals surface area (Å²) in [7, 11) is 1.60. The summed E-state index contributed by atoms with van der Waals surface area (Å²) in [6.45, 7) is 0.697. The molecule has 218 valence electrons. The molecule has 1 N–H and O–H groups in total. The van der Waals surface area contributed by atoms with E-state index in [0.717, 1.165) is 22.4 Å². The lowest BCUT2D eigenvalue weighted by molar-refractivity contribution is -0.122. The van der Waals surface area contributed by atoms with Crippen LogP contribution in [0.2, 0.25) is 0 Å². The molecule has 5 aromatic carbocycles. The van der Waals surface area contributed by atoms with Crippen LogP contribution in [0.3, 0.4) is 0 Å². The summed E-state index contributed by atoms with van der Waals surface area (Å²) in [6.07, 6.45) is 1.85. The number of rotatable bonds is 9. The first-order valence-electron chi connectivity index (χ1n) is 13.9. The zero-order chi connectivity index (χ0) is 30.5. The number of ether oxygens (including phenoxy) is 2. The Bertz CT molecular complexity index is 1880. The van der Waals surface area contributed by atoms with Crippen molar-refractivity contribution in [1.82, 2.24) is 4.90 Å². The third-order valence-corrected chi connectivity index (χ3v) is 8.19. The lowest BCUT2D eigenvalue weighted by Crippen LogP contribution is -2.28. The Balaban J connectivity index is 1.21. The Hall–Kier alpha value is -5.34. The molecule has 0 aliphatic carbocycles. The minimum atomic E-state index is -0.999. The number of fused-ring (bicyclic) bond motifs is 1. The predicted molar refractivity (Wildman–Crippen MR) is 174 cm³/mol. The summed E-state index contributed by atoms with van der Waals surface area (Å²) in [4.78, 5) is 31.8. The SMILES string of the molecule is COc1ccc(N=C2S/C(=C\c3ccc(OCc4cccc5ccccc45)cc3)C(=O)N2Cc2ccc(C(=O)O)cc2)cc1. The smallest absolute Gasteiger partial charge is 0.335 e. The molecule has 1 aliphatic heterocycles. The van der Waals surface area contributed by atoms with Crippen LogP contribution in [0, 0.1) is 0 Å². The Morgan fingerprint density at radius 2 is 1.57 bits per heavy atom. The monoisotopic (exact) mass is 600 g/mol. The van der Waals surface area contributed by atoms with Gasteiger partial charge in [0.25, 0.3) is 5.91 Å². The molecule has 6 rings (SSSR count). The van der Waals surface area contributed by atoms with Crippen molar-refractivity contribution in [1.29, 1.82) is 0 Å². The highest BCUT2D eigenvalue weighted by atomic mass is 32.2. The van der Waals surface area contributed by atoms with Crippen molar-refractivity contribution in [3.63, 3.8) is 0 Å². The molecule has 0 radical (unpaired) electrons. The molecule has 7 nitrogen and oxygen atoms in total. The van der Waals surface area contributed by atoms with Gasteiger partial charge in [-0.25, -0.2) is 9.79 Å². The molecule has 1 heterocycles. The van der Waals surface area contributed by atoms with Crippen molar-refractivity contribution < 1.29 is 24.2 Å². The number of amides is 1. The second-order valence-electron chi connectivity index (χ2n) is 10.1. The molecule has 5 aromatic rings. The van der Waals surface area contributed by atoms with Gasteiger partial charge in [-0.2, -0.15) is 0 Å². The first-order valence-corrected chi connectivity index (χ1v) is 14.7. The van der Waals surface area contributed by atoms with Gasteiger partial charge in [-0.05, 0) is 93.8 Å². The number of carboxylic acid groups (broad SMARTS) is 1. The number of nitrogens with zero attached hydrogens (tertiary/aromatic N) is 2. The van der Waals surface area contributed by atoms with Crippen LogP contribution >= 0.6 is 11.8 Å². The highest BCUT2D eigenvalue weighted by molar-refractivity contribution is 8.18. The van der Waals surface area contributed by atoms with Gasteiger partial charge in [0.15, 0.2) is 5.17 Å². The van der Waals surface area contributed by atoms with Gasteiger partial charge in [0.1, 0.15) is 18.1 Å². The molecule has 0 unspecified atom stereocenters. The van der Waals surface area contributed by atoms with Gasteiger partial charge in [-0.15, -0.1) is 0 Å². The van der Waals surface area contributed by atoms with E-state index in [-0.39, 0.29) is 18.0 Å². The Morgan fingerprint density at radius 3 is 2.30 bits per heavy atom. The van der Waals surface area contributed by atoms with E-state index in [1.807, 2.05) is 72.8 Å². The van der Waals surface area contributed by atoms with Crippen molar-refractivity contribution in [2.24, 2.45) is 4.99 Å². The molecule has 1 amide bonds. The Kier molecular flexibility index (Phi) is 8.43. The second kappa shape index (κ2) is 12.9. The molecular weight excluding hydrogens is 572 g/mol. The zero-order valence-corrected chi connectivity index (χ0v) is 24.7. The summed E-state index contributed by atoms with van der Waals surface area (Å²) in [6, 6.07) is 35.9. The average Bonchev–Trinajstić information content (AvgIpc) is 3.33. The molecule has 1 saturated heterocycles. The van der Waals surface area contributed by atoms with E-state index in [4.69, 9.17) is 14.5 Å². The van der Waals surface area contributed by atoms with E-state index in [2.05, 4.69) is 24.3 Å². The number of aliphatic imine (C=N–C) groups is 1. The van der Waals surface area contributed by atoms with E-state index in [1.165, 1.54) is 34.7 Å². The van der Waals surface area contributed by atoms with Crippen LogP contribution in [-0.2, 0) is 17.9 Å². The predicted octanol–water partition coefficient (Wildman–Crippen LogP) is 7.93. The topological polar surface area (TPSA) is 88.4 Å². The molecule has 8 heteroatoms. The van der Waals surface area contributed by atoms with Crippen LogP contribution in [-0.4, -0.2) is 34.2 Å². The molecule has 0 aromatic heterocycles. The van der Waals surface area contributed by atoms with Crippen molar-refractivity contribution in [3.05, 3.63) is 142 Å². The van der Waals surface area contributed by atoms with Gasteiger partial charge in [0.2, 0.25) is 0 Å². The molecule has 0 saturated carbocycles. The average molecular weight is 601 g/mol. The molecular formula is C36H28N2O5S. The molecule has 0 atom stereocenters. The molecule has 0 bridgehead atoms. The van der Waals surface area contributed by atoms with Crippen molar-refractivity contribution in [2.75, 3.05) is 7.11 Å². The summed E-state index contributed by atoms with van der Waals surface area (Å²) >= 11 is 1.30. The Labute approximate surface area is 259 Å². The number of benzene rings is 5. The number of carbonyl (C=O) groups is 2. The first kappa shape index (κ1) is 28.8. The number of aromatic carboxylic acids is 1. The minimum absolute atomic E-state index is 0.180. The van der Waals surface area contributed by atoms with Crippen LogP contribution in [0.4, 0.5) is 5.69 Å². The van der Waals surface area contributed by atoms with Crippen LogP contribution in [0.1, 0.15) is 27.0 Å². The quantitative estimate of drug-likeness (QED) is 0.173. The van der Waals surface area contributed by atoms with E-state index in [9.17, 15) is 14.7 Å². The maximum atomic E-state index is 13.6. The molecule has 1 aliphatic rings. The van der Waals surface area contributed by atoms with Gasteiger partial charge in [-0.3, -0.25) is 9.69 Å². The summed E-state index contributed by atoms with van der Waals surface area (Å²) in [5.41, 5.74) is 3.63. The van der Waals surface area contributed by atoms with Crippen LogP contribution in [0.5, 0.6) is 11.5 Å². The third kappa shape index (κ3) is 6.50. The fraction of sp³-hybridized carbons (Fsp3) is 0.0833. The first-order chi connectivity index (χ1) is 21.5. The summed E-state index contributed by atoms with van der Waals surface area (Å²) in [5.74, 6) is 0.269. The normalized spacial score (nSPS) is 14.8. The fourth-order valence-electron chi connectivity index (χ4n) is 4.82. The number of hydrogen-bond donors (Lipinski definition) is 1. The maximum absolute atomic E-state index is 13.6. The number of hydrogen-bond acceptors (Lipinski definition) is 6. The summed E-state index contributed by atoms with van der Waals surface area (Å²) in [5, 5.41) is 12.1. The van der Waals surface area contributed by atoms with Gasteiger partial charge in [-0.1, -0.05) is 66.7 Å². The molecule has 1 fully saturated rings. The van der Waals surface area contributed by atoms with Gasteiger partial charge in [0, 0.05) is 0 Å². The second-order valence-corrected chi connectivity index (χ2v) is 11.1. The van der Waals surface area contributed by atoms with Crippen LogP contribution in [0.25, 0.3) is 16.8 Å². The lowest BCUT2D eigenvalue weighted by Gasteiger charge is -2.16. The number of amidine groups is 1. The van der Waals surface area contributed by atoms with Crippen molar-refractivity contribution in [2.45, 2.75) is 13.2 Å². The number of carbonyl (C=O) groups excluding carboxylic acids is 1. The zero-order valence-electron chi connectivity index (χ0n) is 23.8. The largest absolute Gasteiger partial charge is 0.497 e. The lowest BCUT2D eigenvalue weighted by atomic mass is 10.1. The van der Waals surface area contributed by atoms with E-state index >= 15 is 0 Å². The molecule has 0 spiro atoms. The van der Waals surface area contributed by atoms with Gasteiger partial charge in [0.05, 0.1) is 29.8 Å². The number of methoxy groups -OCH3 is 1. The Morgan fingerprint density at radius 1 is 0.864 bits per heavy atom. The van der Waals surface area contributed by atoms with Crippen molar-refractivity contribution in [3.8, 4) is 11.5 Å². The van der Waals surface area contributed by atoms with Gasteiger partial charge < -0.3 is 14.6 Å². The third-order valence-electron chi connectivity index (χ3n) is 7.18.